The molecule has 0 unspecified atom stereocenters. The van der Waals surface area contributed by atoms with Gasteiger partial charge >= 0.3 is 0 Å². The number of ether oxygens (including phenoxy) is 2. The first-order valence-electron chi connectivity index (χ1n) is 7.49. The minimum Gasteiger partial charge on any atom is -0.385 e. The van der Waals surface area contributed by atoms with Gasteiger partial charge in [-0.05, 0) is 37.7 Å². The normalized spacial score (nSPS) is 25.2. The Morgan fingerprint density at radius 2 is 2.10 bits per heavy atom. The maximum absolute atomic E-state index is 6.15. The Balaban J connectivity index is 1.62. The summed E-state index contributed by atoms with van der Waals surface area (Å²) in [6.07, 6.45) is 8.03. The van der Waals surface area contributed by atoms with Crippen LogP contribution in [-0.2, 0) is 9.47 Å². The van der Waals surface area contributed by atoms with Crippen LogP contribution in [0.25, 0.3) is 0 Å². The number of aromatic nitrogens is 2. The maximum atomic E-state index is 6.15. The third-order valence-corrected chi connectivity index (χ3v) is 4.72. The molecule has 0 amide bonds. The lowest BCUT2D eigenvalue weighted by Gasteiger charge is -2.42. The SMILES string of the molecule is COCC[C@H]1CCOC12CCN(c1ncccn1)CC2. The molecule has 5 heteroatoms. The van der Waals surface area contributed by atoms with Crippen LogP contribution in [0.1, 0.15) is 25.7 Å². The molecule has 3 rings (SSSR count). The first kappa shape index (κ1) is 13.8. The first-order chi connectivity index (χ1) is 9.84. The number of hydrogen-bond donors (Lipinski definition) is 0. The largest absolute Gasteiger partial charge is 0.385 e. The van der Waals surface area contributed by atoms with Gasteiger partial charge in [0.1, 0.15) is 0 Å². The van der Waals surface area contributed by atoms with E-state index < -0.39 is 0 Å². The number of piperidine rings is 1. The minimum atomic E-state index is 0.0732. The molecular weight excluding hydrogens is 254 g/mol. The van der Waals surface area contributed by atoms with Crippen LogP contribution in [0.15, 0.2) is 18.5 Å². The fourth-order valence-electron chi connectivity index (χ4n) is 3.55. The van der Waals surface area contributed by atoms with Crippen LogP contribution < -0.4 is 4.90 Å². The highest BCUT2D eigenvalue weighted by Crippen LogP contribution is 2.42. The average Bonchev–Trinajstić information content (AvgIpc) is 2.89. The molecule has 0 radical (unpaired) electrons. The molecule has 0 aromatic carbocycles. The Morgan fingerprint density at radius 3 is 2.80 bits per heavy atom. The Kier molecular flexibility index (Phi) is 4.17. The van der Waals surface area contributed by atoms with Crippen LogP contribution in [0.3, 0.4) is 0 Å². The van der Waals surface area contributed by atoms with Crippen molar-refractivity contribution in [3.63, 3.8) is 0 Å². The molecule has 3 heterocycles. The number of anilines is 1. The summed E-state index contributed by atoms with van der Waals surface area (Å²) in [5.74, 6) is 1.48. The van der Waals surface area contributed by atoms with Gasteiger partial charge in [-0.2, -0.15) is 0 Å². The van der Waals surface area contributed by atoms with Gasteiger partial charge in [0, 0.05) is 45.8 Å². The third kappa shape index (κ3) is 2.65. The highest BCUT2D eigenvalue weighted by Gasteiger charge is 2.45. The van der Waals surface area contributed by atoms with Crippen molar-refractivity contribution < 1.29 is 9.47 Å². The summed E-state index contributed by atoms with van der Waals surface area (Å²) in [5.41, 5.74) is 0.0732. The van der Waals surface area contributed by atoms with E-state index in [1.54, 1.807) is 19.5 Å². The molecule has 1 spiro atoms. The Labute approximate surface area is 120 Å². The number of methoxy groups -OCH3 is 1. The summed E-state index contributed by atoms with van der Waals surface area (Å²) in [4.78, 5) is 10.9. The van der Waals surface area contributed by atoms with Gasteiger partial charge in [0.15, 0.2) is 0 Å². The second-order valence-corrected chi connectivity index (χ2v) is 5.72. The van der Waals surface area contributed by atoms with Crippen LogP contribution in [0.2, 0.25) is 0 Å². The summed E-state index contributed by atoms with van der Waals surface area (Å²) < 4.78 is 11.4. The van der Waals surface area contributed by atoms with Crippen molar-refractivity contribution in [3.8, 4) is 0 Å². The molecule has 0 N–H and O–H groups in total. The summed E-state index contributed by atoms with van der Waals surface area (Å²) in [5, 5.41) is 0. The number of hydrogen-bond acceptors (Lipinski definition) is 5. The van der Waals surface area contributed by atoms with E-state index in [2.05, 4.69) is 14.9 Å². The molecule has 1 aromatic heterocycles. The Hall–Kier alpha value is -1.20. The Morgan fingerprint density at radius 1 is 1.35 bits per heavy atom. The van der Waals surface area contributed by atoms with Gasteiger partial charge in [0.25, 0.3) is 0 Å². The van der Waals surface area contributed by atoms with Crippen LogP contribution in [0.5, 0.6) is 0 Å². The van der Waals surface area contributed by atoms with Crippen LogP contribution in [-0.4, -0.2) is 49.0 Å². The molecule has 110 valence electrons. The smallest absolute Gasteiger partial charge is 0.225 e. The molecule has 0 saturated carbocycles. The average molecular weight is 277 g/mol. The van der Waals surface area contributed by atoms with Crippen molar-refractivity contribution in [1.82, 2.24) is 9.97 Å². The molecule has 5 nitrogen and oxygen atoms in total. The van der Waals surface area contributed by atoms with Crippen molar-refractivity contribution in [1.29, 1.82) is 0 Å². The molecule has 0 aliphatic carbocycles. The molecule has 0 bridgehead atoms. The van der Waals surface area contributed by atoms with Crippen molar-refractivity contribution in [2.24, 2.45) is 5.92 Å². The maximum Gasteiger partial charge on any atom is 0.225 e. The second-order valence-electron chi connectivity index (χ2n) is 5.72. The molecule has 2 aliphatic heterocycles. The van der Waals surface area contributed by atoms with E-state index in [1.165, 1.54) is 6.42 Å². The first-order valence-corrected chi connectivity index (χ1v) is 7.49. The lowest BCUT2D eigenvalue weighted by Crippen LogP contribution is -2.48. The monoisotopic (exact) mass is 277 g/mol. The zero-order chi connectivity index (χ0) is 13.8. The van der Waals surface area contributed by atoms with Gasteiger partial charge in [-0.3, -0.25) is 0 Å². The van der Waals surface area contributed by atoms with Crippen molar-refractivity contribution in [3.05, 3.63) is 18.5 Å². The van der Waals surface area contributed by atoms with E-state index in [4.69, 9.17) is 9.47 Å². The van der Waals surface area contributed by atoms with Gasteiger partial charge in [-0.25, -0.2) is 9.97 Å². The predicted molar refractivity (Wildman–Crippen MR) is 76.8 cm³/mol. The number of rotatable bonds is 4. The van der Waals surface area contributed by atoms with Crippen LogP contribution >= 0.6 is 0 Å². The van der Waals surface area contributed by atoms with Gasteiger partial charge in [0.05, 0.1) is 5.60 Å². The molecule has 2 saturated heterocycles. The molecule has 1 atom stereocenters. The zero-order valence-electron chi connectivity index (χ0n) is 12.1. The fraction of sp³-hybridized carbons (Fsp3) is 0.733. The molecule has 1 aromatic rings. The van der Waals surface area contributed by atoms with E-state index in [0.717, 1.165) is 51.5 Å². The highest BCUT2D eigenvalue weighted by atomic mass is 16.5. The van der Waals surface area contributed by atoms with Crippen LogP contribution in [0.4, 0.5) is 5.95 Å². The Bertz CT molecular complexity index is 418. The third-order valence-electron chi connectivity index (χ3n) is 4.72. The quantitative estimate of drug-likeness (QED) is 0.841. The molecule has 20 heavy (non-hydrogen) atoms. The summed E-state index contributed by atoms with van der Waals surface area (Å²) in [7, 11) is 1.78. The molecule has 2 aliphatic rings. The van der Waals surface area contributed by atoms with Crippen LogP contribution in [0, 0.1) is 5.92 Å². The number of nitrogens with zero attached hydrogens (tertiary/aromatic N) is 3. The van der Waals surface area contributed by atoms with E-state index in [-0.39, 0.29) is 5.60 Å². The topological polar surface area (TPSA) is 47.5 Å². The summed E-state index contributed by atoms with van der Waals surface area (Å²) in [6.45, 7) is 3.69. The van der Waals surface area contributed by atoms with Gasteiger partial charge in [-0.15, -0.1) is 0 Å². The summed E-state index contributed by atoms with van der Waals surface area (Å²) in [6, 6.07) is 1.86. The van der Waals surface area contributed by atoms with Crippen molar-refractivity contribution in [2.75, 3.05) is 38.3 Å². The minimum absolute atomic E-state index is 0.0732. The molecule has 2 fully saturated rings. The van der Waals surface area contributed by atoms with E-state index in [1.807, 2.05) is 6.07 Å². The van der Waals surface area contributed by atoms with E-state index >= 15 is 0 Å². The lowest BCUT2D eigenvalue weighted by molar-refractivity contribution is -0.0458. The molecular formula is C15H23N3O2. The highest BCUT2D eigenvalue weighted by molar-refractivity contribution is 5.30. The lowest BCUT2D eigenvalue weighted by atomic mass is 9.78. The van der Waals surface area contributed by atoms with Gasteiger partial charge in [-0.1, -0.05) is 0 Å². The standard InChI is InChI=1S/C15H23N3O2/c1-19-11-3-13-4-12-20-15(13)5-9-18(10-6-15)14-16-7-2-8-17-14/h2,7-8,13H,3-6,9-12H2,1H3/t13-/m0/s1. The summed E-state index contributed by atoms with van der Waals surface area (Å²) >= 11 is 0. The second kappa shape index (κ2) is 6.06. The fourth-order valence-corrected chi connectivity index (χ4v) is 3.55. The zero-order valence-corrected chi connectivity index (χ0v) is 12.1. The van der Waals surface area contributed by atoms with Gasteiger partial charge < -0.3 is 14.4 Å². The predicted octanol–water partition coefficient (Wildman–Crippen LogP) is 1.89. The van der Waals surface area contributed by atoms with E-state index in [0.29, 0.717) is 5.92 Å². The van der Waals surface area contributed by atoms with Gasteiger partial charge in [0.2, 0.25) is 5.95 Å². The van der Waals surface area contributed by atoms with E-state index in [9.17, 15) is 0 Å². The van der Waals surface area contributed by atoms with Crippen molar-refractivity contribution >= 4 is 5.95 Å². The van der Waals surface area contributed by atoms with Crippen molar-refractivity contribution in [2.45, 2.75) is 31.3 Å².